The van der Waals surface area contributed by atoms with Crippen molar-refractivity contribution in [1.29, 1.82) is 0 Å². The molecule has 144 valence electrons. The summed E-state index contributed by atoms with van der Waals surface area (Å²) < 4.78 is 10.8. The van der Waals surface area contributed by atoms with E-state index in [2.05, 4.69) is 4.98 Å². The van der Waals surface area contributed by atoms with E-state index in [4.69, 9.17) is 32.4 Å². The van der Waals surface area contributed by atoms with Crippen LogP contribution in [0.4, 0.5) is 5.69 Å². The number of amides is 1. The third-order valence-electron chi connectivity index (χ3n) is 4.58. The average Bonchev–Trinajstić information content (AvgIpc) is 3.26. The molecule has 1 aliphatic heterocycles. The molecule has 0 saturated carbocycles. The van der Waals surface area contributed by atoms with Crippen molar-refractivity contribution in [3.63, 3.8) is 0 Å². The first kappa shape index (κ1) is 18.8. The number of aromatic nitrogens is 1. The molecular formula is C20H16Cl2N2O4. The van der Waals surface area contributed by atoms with E-state index in [1.54, 1.807) is 48.2 Å². The highest BCUT2D eigenvalue weighted by molar-refractivity contribution is 6.38. The summed E-state index contributed by atoms with van der Waals surface area (Å²) in [5.74, 6) is -0.468. The molecule has 2 aromatic carbocycles. The lowest BCUT2D eigenvalue weighted by Gasteiger charge is -2.16. The summed E-state index contributed by atoms with van der Waals surface area (Å²) in [7, 11) is 0. The van der Waals surface area contributed by atoms with Crippen molar-refractivity contribution in [2.24, 2.45) is 5.92 Å². The molecule has 1 fully saturated rings. The lowest BCUT2D eigenvalue weighted by molar-refractivity contribution is -0.147. The quantitative estimate of drug-likeness (QED) is 0.573. The fourth-order valence-electron chi connectivity index (χ4n) is 3.24. The fourth-order valence-corrected chi connectivity index (χ4v) is 3.76. The summed E-state index contributed by atoms with van der Waals surface area (Å²) in [6, 6.07) is 10.5. The summed E-state index contributed by atoms with van der Waals surface area (Å²) in [6.07, 6.45) is 0.158. The molecule has 1 unspecified atom stereocenters. The maximum atomic E-state index is 12.3. The van der Waals surface area contributed by atoms with Crippen LogP contribution in [0.2, 0.25) is 10.0 Å². The van der Waals surface area contributed by atoms with Gasteiger partial charge in [-0.1, -0.05) is 23.2 Å². The van der Waals surface area contributed by atoms with Gasteiger partial charge in [0.25, 0.3) is 0 Å². The van der Waals surface area contributed by atoms with Gasteiger partial charge in [0.15, 0.2) is 5.58 Å². The fraction of sp³-hybridized carbons (Fsp3) is 0.250. The van der Waals surface area contributed by atoms with Crippen LogP contribution in [-0.2, 0) is 14.3 Å². The number of benzene rings is 2. The maximum absolute atomic E-state index is 12.3. The molecule has 0 aliphatic carbocycles. The van der Waals surface area contributed by atoms with E-state index in [0.29, 0.717) is 45.9 Å². The van der Waals surface area contributed by atoms with Gasteiger partial charge in [-0.15, -0.1) is 0 Å². The lowest BCUT2D eigenvalue weighted by Crippen LogP contribution is -2.26. The Morgan fingerprint density at radius 3 is 2.75 bits per heavy atom. The Hall–Kier alpha value is -2.57. The maximum Gasteiger partial charge on any atom is 0.311 e. The van der Waals surface area contributed by atoms with Crippen molar-refractivity contribution in [3.05, 3.63) is 46.4 Å². The predicted molar refractivity (Wildman–Crippen MR) is 107 cm³/mol. The Labute approximate surface area is 171 Å². The topological polar surface area (TPSA) is 72.6 Å². The molecule has 1 aliphatic rings. The second-order valence-electron chi connectivity index (χ2n) is 6.46. The number of halogens is 2. The van der Waals surface area contributed by atoms with Gasteiger partial charge in [0, 0.05) is 29.2 Å². The highest BCUT2D eigenvalue weighted by atomic mass is 35.5. The molecule has 3 aromatic rings. The Morgan fingerprint density at radius 2 is 2.04 bits per heavy atom. The van der Waals surface area contributed by atoms with Crippen molar-refractivity contribution in [2.45, 2.75) is 13.3 Å². The number of oxazole rings is 1. The second-order valence-corrected chi connectivity index (χ2v) is 7.30. The Bertz CT molecular complexity index is 1060. The first-order valence-electron chi connectivity index (χ1n) is 8.79. The van der Waals surface area contributed by atoms with Crippen LogP contribution in [-0.4, -0.2) is 30.0 Å². The standard InChI is InChI=1S/C20H16Cl2N2O4/c1-2-27-20(26)12-7-17(25)24(10-12)14-5-3-11(4-6-14)19-23-16-9-13(21)8-15(22)18(16)28-19/h3-6,8-9,12H,2,7,10H2,1H3. The molecule has 1 amide bonds. The zero-order chi connectivity index (χ0) is 19.8. The SMILES string of the molecule is CCOC(=O)C1CC(=O)N(c2ccc(-c3nc4cc(Cl)cc(Cl)c4o3)cc2)C1. The van der Waals surface area contributed by atoms with E-state index in [1.807, 2.05) is 0 Å². The van der Waals surface area contributed by atoms with Gasteiger partial charge >= 0.3 is 5.97 Å². The van der Waals surface area contributed by atoms with Crippen LogP contribution in [0.3, 0.4) is 0 Å². The summed E-state index contributed by atoms with van der Waals surface area (Å²) >= 11 is 12.2. The van der Waals surface area contributed by atoms with Crippen LogP contribution < -0.4 is 4.90 Å². The van der Waals surface area contributed by atoms with Gasteiger partial charge in [-0.05, 0) is 43.3 Å². The molecule has 2 heterocycles. The number of rotatable bonds is 4. The van der Waals surface area contributed by atoms with Crippen molar-refractivity contribution >= 4 is 51.9 Å². The van der Waals surface area contributed by atoms with E-state index in [1.165, 1.54) is 0 Å². The van der Waals surface area contributed by atoms with Crippen molar-refractivity contribution in [1.82, 2.24) is 4.98 Å². The van der Waals surface area contributed by atoms with Gasteiger partial charge in [0.2, 0.25) is 11.8 Å². The molecule has 6 nitrogen and oxygen atoms in total. The Balaban J connectivity index is 1.57. The number of fused-ring (bicyclic) bond motifs is 1. The number of hydrogen-bond donors (Lipinski definition) is 0. The van der Waals surface area contributed by atoms with Crippen LogP contribution in [0.15, 0.2) is 40.8 Å². The zero-order valence-electron chi connectivity index (χ0n) is 14.9. The summed E-state index contributed by atoms with van der Waals surface area (Å²) in [5.41, 5.74) is 2.49. The summed E-state index contributed by atoms with van der Waals surface area (Å²) in [4.78, 5) is 30.2. The van der Waals surface area contributed by atoms with Crippen LogP contribution in [0, 0.1) is 5.92 Å². The number of carbonyl (C=O) groups excluding carboxylic acids is 2. The molecule has 8 heteroatoms. The van der Waals surface area contributed by atoms with Crippen molar-refractivity contribution in [2.75, 3.05) is 18.1 Å². The third kappa shape index (κ3) is 3.45. The minimum absolute atomic E-state index is 0.103. The number of nitrogens with zero attached hydrogens (tertiary/aromatic N) is 2. The van der Waals surface area contributed by atoms with Crippen LogP contribution in [0.1, 0.15) is 13.3 Å². The highest BCUT2D eigenvalue weighted by Crippen LogP contribution is 2.33. The van der Waals surface area contributed by atoms with E-state index < -0.39 is 5.92 Å². The van der Waals surface area contributed by atoms with Gasteiger partial charge < -0.3 is 14.1 Å². The van der Waals surface area contributed by atoms with Crippen molar-refractivity contribution in [3.8, 4) is 11.5 Å². The molecule has 28 heavy (non-hydrogen) atoms. The van der Waals surface area contributed by atoms with Gasteiger partial charge in [-0.3, -0.25) is 9.59 Å². The molecular weight excluding hydrogens is 403 g/mol. The molecule has 1 aromatic heterocycles. The smallest absolute Gasteiger partial charge is 0.311 e. The number of anilines is 1. The Kier molecular flexibility index (Phi) is 5.00. The third-order valence-corrected chi connectivity index (χ3v) is 5.08. The average molecular weight is 419 g/mol. The molecule has 0 spiro atoms. The summed E-state index contributed by atoms with van der Waals surface area (Å²) in [6.45, 7) is 2.37. The first-order chi connectivity index (χ1) is 13.5. The minimum Gasteiger partial charge on any atom is -0.466 e. The molecule has 0 N–H and O–H groups in total. The number of hydrogen-bond acceptors (Lipinski definition) is 5. The van der Waals surface area contributed by atoms with E-state index in [0.717, 1.165) is 5.56 Å². The zero-order valence-corrected chi connectivity index (χ0v) is 16.5. The van der Waals surface area contributed by atoms with Crippen LogP contribution in [0.5, 0.6) is 0 Å². The van der Waals surface area contributed by atoms with Crippen LogP contribution in [0.25, 0.3) is 22.6 Å². The Morgan fingerprint density at radius 1 is 1.29 bits per heavy atom. The predicted octanol–water partition coefficient (Wildman–Crippen LogP) is 4.72. The van der Waals surface area contributed by atoms with Gasteiger partial charge in [-0.2, -0.15) is 0 Å². The van der Waals surface area contributed by atoms with E-state index in [-0.39, 0.29) is 18.3 Å². The van der Waals surface area contributed by atoms with E-state index >= 15 is 0 Å². The van der Waals surface area contributed by atoms with E-state index in [9.17, 15) is 9.59 Å². The minimum atomic E-state index is -0.434. The molecule has 0 radical (unpaired) electrons. The highest BCUT2D eigenvalue weighted by Gasteiger charge is 2.36. The lowest BCUT2D eigenvalue weighted by atomic mass is 10.1. The first-order valence-corrected chi connectivity index (χ1v) is 9.55. The molecule has 4 rings (SSSR count). The monoisotopic (exact) mass is 418 g/mol. The largest absolute Gasteiger partial charge is 0.466 e. The van der Waals surface area contributed by atoms with Crippen molar-refractivity contribution < 1.29 is 18.7 Å². The molecule has 0 bridgehead atoms. The molecule has 1 atom stereocenters. The van der Waals surface area contributed by atoms with Gasteiger partial charge in [0.05, 0.1) is 17.5 Å². The van der Waals surface area contributed by atoms with Crippen LogP contribution >= 0.6 is 23.2 Å². The number of esters is 1. The number of carbonyl (C=O) groups is 2. The number of ether oxygens (including phenoxy) is 1. The van der Waals surface area contributed by atoms with Gasteiger partial charge in [0.1, 0.15) is 5.52 Å². The second kappa shape index (κ2) is 7.45. The summed E-state index contributed by atoms with van der Waals surface area (Å²) in [5, 5.41) is 0.877. The molecule has 1 saturated heterocycles. The normalized spacial score (nSPS) is 16.8. The van der Waals surface area contributed by atoms with Gasteiger partial charge in [-0.25, -0.2) is 4.98 Å².